The molecule has 5 nitrogen and oxygen atoms in total. The second kappa shape index (κ2) is 9.47. The van der Waals surface area contributed by atoms with Crippen LogP contribution in [0.15, 0.2) is 60.7 Å². The minimum absolute atomic E-state index is 0.00566. The summed E-state index contributed by atoms with van der Waals surface area (Å²) in [6.07, 6.45) is 0.294. The molecule has 1 amide bonds. The molecule has 0 radical (unpaired) electrons. The minimum atomic E-state index is -0.874. The molecule has 0 bridgehead atoms. The van der Waals surface area contributed by atoms with Crippen LogP contribution >= 0.6 is 0 Å². The van der Waals surface area contributed by atoms with Gasteiger partial charge in [0.05, 0.1) is 0 Å². The average molecular weight is 341 g/mol. The second-order valence-electron chi connectivity index (χ2n) is 5.90. The zero-order valence-electron chi connectivity index (χ0n) is 14.2. The van der Waals surface area contributed by atoms with Crippen LogP contribution in [0.4, 0.5) is 0 Å². The molecule has 0 saturated heterocycles. The number of ether oxygens (including phenoxy) is 1. The maximum Gasteiger partial charge on any atom is 0.303 e. The van der Waals surface area contributed by atoms with Crippen molar-refractivity contribution in [3.63, 3.8) is 0 Å². The van der Waals surface area contributed by atoms with Gasteiger partial charge in [-0.3, -0.25) is 9.59 Å². The predicted octanol–water partition coefficient (Wildman–Crippen LogP) is 3.05. The van der Waals surface area contributed by atoms with Crippen LogP contribution in [-0.2, 0) is 16.0 Å². The van der Waals surface area contributed by atoms with E-state index in [1.54, 1.807) is 19.1 Å². The minimum Gasteiger partial charge on any atom is -0.481 e. The van der Waals surface area contributed by atoms with Gasteiger partial charge in [-0.25, -0.2) is 0 Å². The van der Waals surface area contributed by atoms with Crippen molar-refractivity contribution >= 4 is 11.9 Å². The van der Waals surface area contributed by atoms with Gasteiger partial charge in [-0.1, -0.05) is 48.5 Å². The molecule has 5 heteroatoms. The fraction of sp³-hybridized carbons (Fsp3) is 0.300. The molecule has 2 unspecified atom stereocenters. The van der Waals surface area contributed by atoms with Crippen LogP contribution in [0.2, 0.25) is 0 Å². The number of carboxylic acids is 1. The normalized spacial score (nSPS) is 12.8. The summed E-state index contributed by atoms with van der Waals surface area (Å²) in [5.41, 5.74) is 1.05. The fourth-order valence-electron chi connectivity index (χ4n) is 2.50. The summed E-state index contributed by atoms with van der Waals surface area (Å²) >= 11 is 0. The van der Waals surface area contributed by atoms with E-state index in [1.807, 2.05) is 48.5 Å². The number of rotatable bonds is 9. The molecule has 0 fully saturated rings. The molecule has 2 N–H and O–H groups in total. The summed E-state index contributed by atoms with van der Waals surface area (Å²) in [7, 11) is 0. The van der Waals surface area contributed by atoms with Crippen molar-refractivity contribution in [1.82, 2.24) is 5.32 Å². The van der Waals surface area contributed by atoms with E-state index in [2.05, 4.69) is 5.32 Å². The van der Waals surface area contributed by atoms with E-state index < -0.39 is 12.1 Å². The summed E-state index contributed by atoms with van der Waals surface area (Å²) < 4.78 is 5.62. The monoisotopic (exact) mass is 341 g/mol. The Labute approximate surface area is 147 Å². The van der Waals surface area contributed by atoms with Gasteiger partial charge in [-0.15, -0.1) is 0 Å². The Kier molecular flexibility index (Phi) is 7.01. The molecule has 25 heavy (non-hydrogen) atoms. The van der Waals surface area contributed by atoms with Gasteiger partial charge in [0.15, 0.2) is 6.10 Å². The van der Waals surface area contributed by atoms with Crippen LogP contribution in [0.25, 0.3) is 0 Å². The number of nitrogens with one attached hydrogen (secondary N) is 1. The zero-order valence-corrected chi connectivity index (χ0v) is 14.2. The van der Waals surface area contributed by atoms with E-state index in [0.29, 0.717) is 18.6 Å². The highest BCUT2D eigenvalue weighted by molar-refractivity contribution is 5.81. The van der Waals surface area contributed by atoms with Gasteiger partial charge in [0.25, 0.3) is 5.91 Å². The summed E-state index contributed by atoms with van der Waals surface area (Å²) in [6.45, 7) is 1.68. The van der Waals surface area contributed by atoms with Crippen LogP contribution in [-0.4, -0.2) is 29.1 Å². The fourth-order valence-corrected chi connectivity index (χ4v) is 2.50. The molecule has 2 aromatic rings. The van der Waals surface area contributed by atoms with E-state index in [-0.39, 0.29) is 18.4 Å². The molecule has 2 rings (SSSR count). The van der Waals surface area contributed by atoms with Gasteiger partial charge in [0.2, 0.25) is 0 Å². The number of benzene rings is 2. The van der Waals surface area contributed by atoms with E-state index in [9.17, 15) is 9.59 Å². The van der Waals surface area contributed by atoms with Crippen molar-refractivity contribution in [3.8, 4) is 5.75 Å². The lowest BCUT2D eigenvalue weighted by Gasteiger charge is -2.21. The Balaban J connectivity index is 1.96. The van der Waals surface area contributed by atoms with E-state index in [1.165, 1.54) is 0 Å². The van der Waals surface area contributed by atoms with Crippen LogP contribution in [0.5, 0.6) is 5.75 Å². The van der Waals surface area contributed by atoms with E-state index in [0.717, 1.165) is 5.56 Å². The highest BCUT2D eigenvalue weighted by atomic mass is 16.5. The van der Waals surface area contributed by atoms with E-state index >= 15 is 0 Å². The summed E-state index contributed by atoms with van der Waals surface area (Å²) in [5.74, 6) is -0.508. The Morgan fingerprint density at radius 3 is 2.24 bits per heavy atom. The number of aliphatic carboxylic acids is 1. The van der Waals surface area contributed by atoms with Crippen molar-refractivity contribution in [2.24, 2.45) is 0 Å². The largest absolute Gasteiger partial charge is 0.481 e. The molecule has 0 spiro atoms. The number of amides is 1. The average Bonchev–Trinajstić information content (AvgIpc) is 2.61. The highest BCUT2D eigenvalue weighted by Gasteiger charge is 2.20. The third-order valence-electron chi connectivity index (χ3n) is 3.80. The summed E-state index contributed by atoms with van der Waals surface area (Å²) in [4.78, 5) is 23.3. The SMILES string of the molecule is CC(Oc1ccccc1)C(=O)NC(CCC(=O)O)Cc1ccccc1. The van der Waals surface area contributed by atoms with Gasteiger partial charge in [-0.2, -0.15) is 0 Å². The van der Waals surface area contributed by atoms with Gasteiger partial charge in [-0.05, 0) is 37.5 Å². The lowest BCUT2D eigenvalue weighted by Crippen LogP contribution is -2.43. The van der Waals surface area contributed by atoms with Crippen molar-refractivity contribution in [3.05, 3.63) is 66.2 Å². The molecule has 132 valence electrons. The third-order valence-corrected chi connectivity index (χ3v) is 3.80. The third kappa shape index (κ3) is 6.67. The molecule has 0 aliphatic carbocycles. The summed E-state index contributed by atoms with van der Waals surface area (Å²) in [5, 5.41) is 11.8. The lowest BCUT2D eigenvalue weighted by molar-refractivity contribution is -0.137. The smallest absolute Gasteiger partial charge is 0.303 e. The number of hydrogen-bond donors (Lipinski definition) is 2. The number of hydrogen-bond acceptors (Lipinski definition) is 3. The number of carbonyl (C=O) groups is 2. The lowest BCUT2D eigenvalue weighted by atomic mass is 10.0. The number of carboxylic acid groups (broad SMARTS) is 1. The molecule has 0 aliphatic rings. The van der Waals surface area contributed by atoms with Crippen molar-refractivity contribution in [2.45, 2.75) is 38.3 Å². The Morgan fingerprint density at radius 1 is 1.04 bits per heavy atom. The van der Waals surface area contributed by atoms with Crippen LogP contribution in [0.1, 0.15) is 25.3 Å². The molecule has 2 aromatic carbocycles. The molecular formula is C20H23NO4. The second-order valence-corrected chi connectivity index (χ2v) is 5.90. The van der Waals surface area contributed by atoms with Gasteiger partial charge in [0, 0.05) is 12.5 Å². The standard InChI is InChI=1S/C20H23NO4/c1-15(25-18-10-6-3-7-11-18)20(24)21-17(12-13-19(22)23)14-16-8-4-2-5-9-16/h2-11,15,17H,12-14H2,1H3,(H,21,24)(H,22,23). The van der Waals surface area contributed by atoms with Gasteiger partial charge < -0.3 is 15.2 Å². The molecule has 2 atom stereocenters. The first-order valence-corrected chi connectivity index (χ1v) is 8.32. The molecule has 0 aliphatic heterocycles. The molecule has 0 aromatic heterocycles. The van der Waals surface area contributed by atoms with Gasteiger partial charge >= 0.3 is 5.97 Å². The Morgan fingerprint density at radius 2 is 1.64 bits per heavy atom. The molecular weight excluding hydrogens is 318 g/mol. The topological polar surface area (TPSA) is 75.6 Å². The Hall–Kier alpha value is -2.82. The van der Waals surface area contributed by atoms with Crippen LogP contribution < -0.4 is 10.1 Å². The maximum absolute atomic E-state index is 12.4. The first-order valence-electron chi connectivity index (χ1n) is 8.32. The maximum atomic E-state index is 12.4. The summed E-state index contributed by atoms with van der Waals surface area (Å²) in [6, 6.07) is 18.6. The van der Waals surface area contributed by atoms with Crippen molar-refractivity contribution in [1.29, 1.82) is 0 Å². The van der Waals surface area contributed by atoms with Crippen LogP contribution in [0.3, 0.4) is 0 Å². The van der Waals surface area contributed by atoms with Crippen LogP contribution in [0, 0.1) is 0 Å². The van der Waals surface area contributed by atoms with Crippen molar-refractivity contribution < 1.29 is 19.4 Å². The molecule has 0 saturated carbocycles. The quantitative estimate of drug-likeness (QED) is 0.735. The van der Waals surface area contributed by atoms with Crippen molar-refractivity contribution in [2.75, 3.05) is 0 Å². The Bertz CT molecular complexity index is 673. The van der Waals surface area contributed by atoms with Gasteiger partial charge in [0.1, 0.15) is 5.75 Å². The molecule has 0 heterocycles. The highest BCUT2D eigenvalue weighted by Crippen LogP contribution is 2.12. The van der Waals surface area contributed by atoms with E-state index in [4.69, 9.17) is 9.84 Å². The first kappa shape index (κ1) is 18.5. The first-order chi connectivity index (χ1) is 12.0. The predicted molar refractivity (Wildman–Crippen MR) is 95.5 cm³/mol. The number of carbonyl (C=O) groups excluding carboxylic acids is 1. The zero-order chi connectivity index (χ0) is 18.1. The number of para-hydroxylation sites is 1.